The van der Waals surface area contributed by atoms with Crippen molar-refractivity contribution in [2.24, 2.45) is 0 Å². The predicted octanol–water partition coefficient (Wildman–Crippen LogP) is 4.56. The lowest BCUT2D eigenvalue weighted by atomic mass is 10.1. The van der Waals surface area contributed by atoms with Crippen molar-refractivity contribution in [1.29, 1.82) is 5.26 Å². The van der Waals surface area contributed by atoms with Gasteiger partial charge in [-0.15, -0.1) is 0 Å². The van der Waals surface area contributed by atoms with E-state index in [-0.39, 0.29) is 11.3 Å². The second kappa shape index (κ2) is 7.56. The van der Waals surface area contributed by atoms with E-state index >= 15 is 0 Å². The molecule has 144 valence electrons. The van der Waals surface area contributed by atoms with Gasteiger partial charge in [0.25, 0.3) is 0 Å². The summed E-state index contributed by atoms with van der Waals surface area (Å²) in [6.45, 7) is 0.460. The molecule has 0 unspecified atom stereocenters. The SMILES string of the molecule is N#Cc1cn(-c2ccc(C(=O)O)c(O)c2)c2cc(OCC3=CCCC=C3)ccc12. The maximum absolute atomic E-state index is 11.1. The average molecular weight is 386 g/mol. The molecule has 1 aromatic heterocycles. The summed E-state index contributed by atoms with van der Waals surface area (Å²) in [4.78, 5) is 11.1. The number of benzene rings is 2. The van der Waals surface area contributed by atoms with E-state index in [1.807, 2.05) is 18.2 Å². The van der Waals surface area contributed by atoms with Gasteiger partial charge in [-0.05, 0) is 42.7 Å². The predicted molar refractivity (Wildman–Crippen MR) is 109 cm³/mol. The third kappa shape index (κ3) is 3.58. The highest BCUT2D eigenvalue weighted by molar-refractivity contribution is 5.92. The molecule has 0 aliphatic heterocycles. The molecule has 0 spiro atoms. The molecular formula is C23H18N2O4. The highest BCUT2D eigenvalue weighted by Crippen LogP contribution is 2.30. The number of allylic oxidation sites excluding steroid dienone is 2. The van der Waals surface area contributed by atoms with Crippen molar-refractivity contribution in [3.8, 4) is 23.3 Å². The summed E-state index contributed by atoms with van der Waals surface area (Å²) in [5, 5.41) is 29.4. The van der Waals surface area contributed by atoms with Crippen LogP contribution in [0.2, 0.25) is 0 Å². The minimum absolute atomic E-state index is 0.177. The number of ether oxygens (including phenoxy) is 1. The largest absolute Gasteiger partial charge is 0.507 e. The first-order valence-electron chi connectivity index (χ1n) is 9.17. The summed E-state index contributed by atoms with van der Waals surface area (Å²) in [5.41, 5.74) is 2.71. The zero-order valence-corrected chi connectivity index (χ0v) is 15.5. The number of carboxylic acid groups (broad SMARTS) is 1. The lowest BCUT2D eigenvalue weighted by molar-refractivity contribution is 0.0693. The standard InChI is InChI=1S/C23H18N2O4/c24-12-16-13-25(17-6-8-20(23(27)28)22(26)10-17)21-11-18(7-9-19(16)21)29-14-15-4-2-1-3-5-15/h2,4-11,13,26H,1,3,14H2,(H,27,28). The van der Waals surface area contributed by atoms with Crippen molar-refractivity contribution in [3.63, 3.8) is 0 Å². The molecule has 2 N–H and O–H groups in total. The number of phenols is 1. The maximum atomic E-state index is 11.1. The number of hydrogen-bond donors (Lipinski definition) is 2. The Morgan fingerprint density at radius 3 is 2.76 bits per heavy atom. The maximum Gasteiger partial charge on any atom is 0.339 e. The van der Waals surface area contributed by atoms with Crippen LogP contribution in [0, 0.1) is 11.3 Å². The molecule has 0 atom stereocenters. The summed E-state index contributed by atoms with van der Waals surface area (Å²) in [6.07, 6.45) is 10.1. The van der Waals surface area contributed by atoms with Crippen LogP contribution in [-0.2, 0) is 0 Å². The molecule has 0 amide bonds. The van der Waals surface area contributed by atoms with Crippen LogP contribution in [0.5, 0.6) is 11.5 Å². The molecule has 1 heterocycles. The number of carbonyl (C=O) groups is 1. The molecule has 29 heavy (non-hydrogen) atoms. The van der Waals surface area contributed by atoms with Crippen LogP contribution in [0.3, 0.4) is 0 Å². The van der Waals surface area contributed by atoms with Gasteiger partial charge in [0.2, 0.25) is 0 Å². The van der Waals surface area contributed by atoms with E-state index in [9.17, 15) is 15.2 Å². The fraction of sp³-hybridized carbons (Fsp3) is 0.130. The van der Waals surface area contributed by atoms with Crippen molar-refractivity contribution in [2.75, 3.05) is 6.61 Å². The van der Waals surface area contributed by atoms with E-state index < -0.39 is 5.97 Å². The van der Waals surface area contributed by atoms with Crippen LogP contribution < -0.4 is 4.74 Å². The van der Waals surface area contributed by atoms with Gasteiger partial charge in [0, 0.05) is 29.4 Å². The number of aromatic carboxylic acids is 1. The summed E-state index contributed by atoms with van der Waals surface area (Å²) < 4.78 is 7.66. The van der Waals surface area contributed by atoms with Gasteiger partial charge in [-0.2, -0.15) is 5.26 Å². The fourth-order valence-electron chi connectivity index (χ4n) is 3.39. The van der Waals surface area contributed by atoms with Crippen molar-refractivity contribution >= 4 is 16.9 Å². The molecule has 0 saturated heterocycles. The van der Waals surface area contributed by atoms with E-state index in [1.165, 1.54) is 12.1 Å². The smallest absolute Gasteiger partial charge is 0.339 e. The Morgan fingerprint density at radius 2 is 2.07 bits per heavy atom. The van der Waals surface area contributed by atoms with Crippen molar-refractivity contribution in [1.82, 2.24) is 4.57 Å². The quantitative estimate of drug-likeness (QED) is 0.670. The Kier molecular flexibility index (Phi) is 4.80. The summed E-state index contributed by atoms with van der Waals surface area (Å²) in [6, 6.07) is 12.0. The zero-order valence-electron chi connectivity index (χ0n) is 15.5. The average Bonchev–Trinajstić information content (AvgIpc) is 3.10. The molecule has 0 fully saturated rings. The number of aromatic hydroxyl groups is 1. The summed E-state index contributed by atoms with van der Waals surface area (Å²) >= 11 is 0. The molecule has 3 aromatic rings. The van der Waals surface area contributed by atoms with Crippen molar-refractivity contribution < 1.29 is 19.7 Å². The number of nitriles is 1. The van der Waals surface area contributed by atoms with E-state index in [0.29, 0.717) is 23.6 Å². The van der Waals surface area contributed by atoms with Crippen LogP contribution in [-0.4, -0.2) is 27.4 Å². The second-order valence-electron chi connectivity index (χ2n) is 6.76. The van der Waals surface area contributed by atoms with Gasteiger partial charge in [-0.1, -0.05) is 18.2 Å². The minimum Gasteiger partial charge on any atom is -0.507 e. The summed E-state index contributed by atoms with van der Waals surface area (Å²) in [7, 11) is 0. The Labute approximate surface area is 167 Å². The Bertz CT molecular complexity index is 1210. The third-order valence-corrected chi connectivity index (χ3v) is 4.86. The molecule has 1 aliphatic rings. The first-order valence-corrected chi connectivity index (χ1v) is 9.17. The minimum atomic E-state index is -1.20. The van der Waals surface area contributed by atoms with Crippen molar-refractivity contribution in [3.05, 3.63) is 77.5 Å². The van der Waals surface area contributed by atoms with Crippen LogP contribution in [0.25, 0.3) is 16.6 Å². The summed E-state index contributed by atoms with van der Waals surface area (Å²) in [5.74, 6) is -0.878. The molecule has 0 radical (unpaired) electrons. The molecule has 6 nitrogen and oxygen atoms in total. The number of hydrogen-bond acceptors (Lipinski definition) is 4. The van der Waals surface area contributed by atoms with E-state index in [1.54, 1.807) is 16.8 Å². The van der Waals surface area contributed by atoms with Gasteiger partial charge in [-0.3, -0.25) is 0 Å². The van der Waals surface area contributed by atoms with E-state index in [0.717, 1.165) is 29.3 Å². The van der Waals surface area contributed by atoms with E-state index in [2.05, 4.69) is 24.3 Å². The van der Waals surface area contributed by atoms with Gasteiger partial charge in [0.15, 0.2) is 0 Å². The second-order valence-corrected chi connectivity index (χ2v) is 6.76. The molecule has 0 saturated carbocycles. The normalized spacial score (nSPS) is 13.1. The van der Waals surface area contributed by atoms with E-state index in [4.69, 9.17) is 9.84 Å². The number of fused-ring (bicyclic) bond motifs is 1. The third-order valence-electron chi connectivity index (χ3n) is 4.86. The van der Waals surface area contributed by atoms with Crippen LogP contribution in [0.4, 0.5) is 0 Å². The lowest BCUT2D eigenvalue weighted by Gasteiger charge is -2.11. The Balaban J connectivity index is 1.73. The van der Waals surface area contributed by atoms with Gasteiger partial charge in [0.05, 0.1) is 11.1 Å². The highest BCUT2D eigenvalue weighted by Gasteiger charge is 2.14. The molecule has 2 aromatic carbocycles. The van der Waals surface area contributed by atoms with Gasteiger partial charge in [-0.25, -0.2) is 4.79 Å². The number of nitrogens with zero attached hydrogens (tertiary/aromatic N) is 2. The van der Waals surface area contributed by atoms with Gasteiger partial charge < -0.3 is 19.5 Å². The van der Waals surface area contributed by atoms with Gasteiger partial charge in [0.1, 0.15) is 29.7 Å². The first kappa shape index (κ1) is 18.4. The molecule has 1 aliphatic carbocycles. The van der Waals surface area contributed by atoms with Crippen LogP contribution >= 0.6 is 0 Å². The highest BCUT2D eigenvalue weighted by atomic mass is 16.5. The number of rotatable bonds is 5. The van der Waals surface area contributed by atoms with Crippen LogP contribution in [0.15, 0.2) is 66.4 Å². The number of carboxylic acids is 1. The zero-order chi connectivity index (χ0) is 20.4. The topological polar surface area (TPSA) is 95.5 Å². The fourth-order valence-corrected chi connectivity index (χ4v) is 3.39. The first-order chi connectivity index (χ1) is 14.1. The molecule has 0 bridgehead atoms. The molecule has 6 heteroatoms. The molecule has 4 rings (SSSR count). The van der Waals surface area contributed by atoms with Crippen LogP contribution in [0.1, 0.15) is 28.8 Å². The monoisotopic (exact) mass is 386 g/mol. The Hall–Kier alpha value is -3.98. The number of aromatic nitrogens is 1. The lowest BCUT2D eigenvalue weighted by Crippen LogP contribution is -2.01. The van der Waals surface area contributed by atoms with Crippen molar-refractivity contribution in [2.45, 2.75) is 12.8 Å². The Morgan fingerprint density at radius 1 is 1.21 bits per heavy atom. The molecular weight excluding hydrogens is 368 g/mol. The van der Waals surface area contributed by atoms with Gasteiger partial charge >= 0.3 is 5.97 Å².